The van der Waals surface area contributed by atoms with Gasteiger partial charge in [-0.2, -0.15) is 0 Å². The summed E-state index contributed by atoms with van der Waals surface area (Å²) < 4.78 is 10.8. The molecule has 18 heavy (non-hydrogen) atoms. The summed E-state index contributed by atoms with van der Waals surface area (Å²) in [5.41, 5.74) is 0.869. The Labute approximate surface area is 107 Å². The Hall–Kier alpha value is -2.00. The molecule has 0 radical (unpaired) electrons. The third-order valence-corrected chi connectivity index (χ3v) is 2.64. The minimum Gasteiger partial charge on any atom is -0.497 e. The van der Waals surface area contributed by atoms with Gasteiger partial charge in [0.1, 0.15) is 17.2 Å². The second kappa shape index (κ2) is 5.56. The predicted molar refractivity (Wildman–Crippen MR) is 70.1 cm³/mol. The van der Waals surface area contributed by atoms with Gasteiger partial charge in [0, 0.05) is 6.07 Å². The van der Waals surface area contributed by atoms with Crippen molar-refractivity contribution >= 4 is 0 Å². The molecule has 0 fully saturated rings. The summed E-state index contributed by atoms with van der Waals surface area (Å²) in [6, 6.07) is 14.8. The highest BCUT2D eigenvalue weighted by Crippen LogP contribution is 2.26. The second-order valence-electron chi connectivity index (χ2n) is 4.03. The lowest BCUT2D eigenvalue weighted by atomic mass is 10.1. The molecule has 0 heterocycles. The van der Waals surface area contributed by atoms with Crippen molar-refractivity contribution in [2.45, 2.75) is 13.0 Å². The van der Waals surface area contributed by atoms with E-state index in [-0.39, 0.29) is 0 Å². The van der Waals surface area contributed by atoms with Crippen molar-refractivity contribution in [1.82, 2.24) is 0 Å². The molecule has 0 unspecified atom stereocenters. The van der Waals surface area contributed by atoms with Gasteiger partial charge < -0.3 is 14.6 Å². The molecule has 2 aromatic carbocycles. The Bertz CT molecular complexity index is 503. The fourth-order valence-corrected chi connectivity index (χ4v) is 1.62. The number of benzene rings is 2. The minimum absolute atomic E-state index is 0.462. The summed E-state index contributed by atoms with van der Waals surface area (Å²) in [5.74, 6) is 2.21. The molecule has 0 aliphatic rings. The minimum atomic E-state index is -0.462. The number of ether oxygens (including phenoxy) is 2. The van der Waals surface area contributed by atoms with E-state index in [0.717, 1.165) is 22.8 Å². The van der Waals surface area contributed by atoms with Crippen LogP contribution in [0.2, 0.25) is 0 Å². The highest BCUT2D eigenvalue weighted by molar-refractivity contribution is 5.37. The van der Waals surface area contributed by atoms with Crippen molar-refractivity contribution in [2.75, 3.05) is 7.11 Å². The molecule has 1 atom stereocenters. The number of rotatable bonds is 4. The first-order valence-electron chi connectivity index (χ1n) is 5.79. The van der Waals surface area contributed by atoms with Crippen LogP contribution >= 0.6 is 0 Å². The van der Waals surface area contributed by atoms with Gasteiger partial charge in [-0.15, -0.1) is 0 Å². The lowest BCUT2D eigenvalue weighted by molar-refractivity contribution is 0.199. The monoisotopic (exact) mass is 244 g/mol. The van der Waals surface area contributed by atoms with Gasteiger partial charge in [0.2, 0.25) is 0 Å². The average molecular weight is 244 g/mol. The third kappa shape index (κ3) is 3.02. The topological polar surface area (TPSA) is 38.7 Å². The molecule has 3 heteroatoms. The summed E-state index contributed by atoms with van der Waals surface area (Å²) in [6.07, 6.45) is -0.462. The Morgan fingerprint density at radius 3 is 2.22 bits per heavy atom. The molecule has 3 nitrogen and oxygen atoms in total. The fourth-order valence-electron chi connectivity index (χ4n) is 1.62. The number of aliphatic hydroxyl groups excluding tert-OH is 1. The maximum Gasteiger partial charge on any atom is 0.131 e. The van der Waals surface area contributed by atoms with Crippen LogP contribution in [0.5, 0.6) is 17.2 Å². The smallest absolute Gasteiger partial charge is 0.131 e. The highest BCUT2D eigenvalue weighted by atomic mass is 16.5. The lowest BCUT2D eigenvalue weighted by Gasteiger charge is -2.09. The van der Waals surface area contributed by atoms with Gasteiger partial charge in [-0.25, -0.2) is 0 Å². The zero-order valence-corrected chi connectivity index (χ0v) is 10.5. The van der Waals surface area contributed by atoms with Gasteiger partial charge in [-0.1, -0.05) is 18.2 Å². The van der Waals surface area contributed by atoms with E-state index in [1.165, 1.54) is 0 Å². The van der Waals surface area contributed by atoms with Crippen LogP contribution in [0.15, 0.2) is 48.5 Å². The summed E-state index contributed by atoms with van der Waals surface area (Å²) in [5, 5.41) is 9.42. The van der Waals surface area contributed by atoms with E-state index in [1.807, 2.05) is 48.5 Å². The Kier molecular flexibility index (Phi) is 3.85. The molecule has 0 saturated heterocycles. The standard InChI is InChI=1S/C15H16O3/c1-11(16)12-6-8-13(9-7-12)18-15-5-3-4-14(10-15)17-2/h3-11,16H,1-2H3/t11-/m0/s1. The Balaban J connectivity index is 2.13. The summed E-state index contributed by atoms with van der Waals surface area (Å²) in [4.78, 5) is 0. The van der Waals surface area contributed by atoms with Crippen LogP contribution in [0.25, 0.3) is 0 Å². The number of hydrogen-bond acceptors (Lipinski definition) is 3. The second-order valence-corrected chi connectivity index (χ2v) is 4.03. The van der Waals surface area contributed by atoms with E-state index >= 15 is 0 Å². The fraction of sp³-hybridized carbons (Fsp3) is 0.200. The molecular weight excluding hydrogens is 228 g/mol. The van der Waals surface area contributed by atoms with Crippen LogP contribution in [0.1, 0.15) is 18.6 Å². The van der Waals surface area contributed by atoms with E-state index in [9.17, 15) is 5.11 Å². The molecule has 0 aliphatic carbocycles. The van der Waals surface area contributed by atoms with Gasteiger partial charge in [-0.3, -0.25) is 0 Å². The van der Waals surface area contributed by atoms with Crippen LogP contribution in [0.4, 0.5) is 0 Å². The zero-order valence-electron chi connectivity index (χ0n) is 10.5. The van der Waals surface area contributed by atoms with Crippen molar-refractivity contribution in [3.05, 3.63) is 54.1 Å². The first-order chi connectivity index (χ1) is 8.69. The van der Waals surface area contributed by atoms with Crippen molar-refractivity contribution in [1.29, 1.82) is 0 Å². The largest absolute Gasteiger partial charge is 0.497 e. The molecule has 2 aromatic rings. The molecule has 0 saturated carbocycles. The highest BCUT2D eigenvalue weighted by Gasteiger charge is 2.02. The molecule has 94 valence electrons. The van der Waals surface area contributed by atoms with Gasteiger partial charge in [0.15, 0.2) is 0 Å². The van der Waals surface area contributed by atoms with E-state index in [4.69, 9.17) is 9.47 Å². The average Bonchev–Trinajstić information content (AvgIpc) is 2.39. The summed E-state index contributed by atoms with van der Waals surface area (Å²) >= 11 is 0. The van der Waals surface area contributed by atoms with Crippen LogP contribution in [-0.4, -0.2) is 12.2 Å². The van der Waals surface area contributed by atoms with Crippen molar-refractivity contribution in [2.24, 2.45) is 0 Å². The van der Waals surface area contributed by atoms with E-state index in [0.29, 0.717) is 0 Å². The van der Waals surface area contributed by atoms with Gasteiger partial charge in [0.05, 0.1) is 13.2 Å². The number of hydrogen-bond donors (Lipinski definition) is 1. The maximum absolute atomic E-state index is 9.42. The van der Waals surface area contributed by atoms with E-state index in [2.05, 4.69) is 0 Å². The lowest BCUT2D eigenvalue weighted by Crippen LogP contribution is -1.91. The number of methoxy groups -OCH3 is 1. The molecule has 0 bridgehead atoms. The molecule has 0 amide bonds. The Morgan fingerprint density at radius 2 is 1.61 bits per heavy atom. The first kappa shape index (κ1) is 12.5. The number of aliphatic hydroxyl groups is 1. The van der Waals surface area contributed by atoms with Crippen molar-refractivity contribution < 1.29 is 14.6 Å². The van der Waals surface area contributed by atoms with Crippen LogP contribution in [0, 0.1) is 0 Å². The third-order valence-electron chi connectivity index (χ3n) is 2.64. The van der Waals surface area contributed by atoms with Gasteiger partial charge in [0.25, 0.3) is 0 Å². The molecule has 0 aromatic heterocycles. The Morgan fingerprint density at radius 1 is 0.944 bits per heavy atom. The summed E-state index contributed by atoms with van der Waals surface area (Å²) in [6.45, 7) is 1.73. The first-order valence-corrected chi connectivity index (χ1v) is 5.79. The van der Waals surface area contributed by atoms with Crippen LogP contribution in [0.3, 0.4) is 0 Å². The van der Waals surface area contributed by atoms with Crippen LogP contribution in [-0.2, 0) is 0 Å². The molecule has 0 aliphatic heterocycles. The van der Waals surface area contributed by atoms with Crippen molar-refractivity contribution in [3.8, 4) is 17.2 Å². The predicted octanol–water partition coefficient (Wildman–Crippen LogP) is 3.54. The van der Waals surface area contributed by atoms with E-state index < -0.39 is 6.10 Å². The van der Waals surface area contributed by atoms with Gasteiger partial charge in [-0.05, 0) is 36.8 Å². The molecule has 2 rings (SSSR count). The summed E-state index contributed by atoms with van der Waals surface area (Å²) in [7, 11) is 1.62. The quantitative estimate of drug-likeness (QED) is 0.894. The molecule has 0 spiro atoms. The molecule has 1 N–H and O–H groups in total. The SMILES string of the molecule is COc1cccc(Oc2ccc([C@H](C)O)cc2)c1. The molecular formula is C15H16O3. The van der Waals surface area contributed by atoms with Crippen molar-refractivity contribution in [3.63, 3.8) is 0 Å². The van der Waals surface area contributed by atoms with E-state index in [1.54, 1.807) is 14.0 Å². The zero-order chi connectivity index (χ0) is 13.0. The van der Waals surface area contributed by atoms with Crippen LogP contribution < -0.4 is 9.47 Å². The van der Waals surface area contributed by atoms with Gasteiger partial charge >= 0.3 is 0 Å². The normalized spacial score (nSPS) is 11.9. The maximum atomic E-state index is 9.42.